The predicted octanol–water partition coefficient (Wildman–Crippen LogP) is 3.60. The number of carbonyl (C=O) groups excluding carboxylic acids is 3. The number of thioether (sulfide) groups is 1. The fraction of sp³-hybridized carbons (Fsp3) is 0.348. The van der Waals surface area contributed by atoms with Crippen molar-refractivity contribution in [2.24, 2.45) is 5.92 Å². The van der Waals surface area contributed by atoms with Gasteiger partial charge in [0.05, 0.1) is 9.80 Å². The van der Waals surface area contributed by atoms with Gasteiger partial charge in [-0.15, -0.1) is 11.3 Å². The molecule has 0 aliphatic carbocycles. The summed E-state index contributed by atoms with van der Waals surface area (Å²) in [4.78, 5) is 40.0. The zero-order valence-electron chi connectivity index (χ0n) is 19.1. The number of benzene rings is 1. The van der Waals surface area contributed by atoms with Crippen LogP contribution in [0.5, 0.6) is 0 Å². The Labute approximate surface area is 207 Å². The third-order valence-electron chi connectivity index (χ3n) is 4.98. The fourth-order valence-electron chi connectivity index (χ4n) is 3.26. The van der Waals surface area contributed by atoms with Crippen LogP contribution in [0.3, 0.4) is 0 Å². The van der Waals surface area contributed by atoms with Crippen molar-refractivity contribution in [2.75, 3.05) is 13.1 Å². The molecule has 1 fully saturated rings. The second-order valence-corrected chi connectivity index (χ2v) is 11.9. The fourth-order valence-corrected chi connectivity index (χ4v) is 6.06. The van der Waals surface area contributed by atoms with Gasteiger partial charge in [-0.25, -0.2) is 8.42 Å². The normalized spacial score (nSPS) is 16.5. The molecule has 1 aromatic heterocycles. The van der Waals surface area contributed by atoms with Gasteiger partial charge in [0, 0.05) is 18.0 Å². The molecule has 1 aromatic carbocycles. The average Bonchev–Trinajstić information content (AvgIpc) is 3.36. The summed E-state index contributed by atoms with van der Waals surface area (Å²) >= 11 is 2.32. The van der Waals surface area contributed by atoms with Crippen molar-refractivity contribution < 1.29 is 22.8 Å². The Morgan fingerprint density at radius 2 is 1.85 bits per heavy atom. The van der Waals surface area contributed by atoms with Crippen LogP contribution in [0, 0.1) is 12.8 Å². The van der Waals surface area contributed by atoms with E-state index in [9.17, 15) is 22.8 Å². The van der Waals surface area contributed by atoms with Crippen LogP contribution in [0.1, 0.15) is 30.7 Å². The molecule has 1 atom stereocenters. The third kappa shape index (κ3) is 6.78. The maximum Gasteiger partial charge on any atom is 0.293 e. The molecule has 34 heavy (non-hydrogen) atoms. The van der Waals surface area contributed by atoms with Crippen molar-refractivity contribution >= 4 is 56.3 Å². The average molecular weight is 522 g/mol. The Hall–Kier alpha value is -2.47. The lowest BCUT2D eigenvalue weighted by Gasteiger charge is -2.21. The highest BCUT2D eigenvalue weighted by atomic mass is 32.2. The topological polar surface area (TPSA) is 113 Å². The first-order valence-corrected chi connectivity index (χ1v) is 13.9. The van der Waals surface area contributed by atoms with Gasteiger partial charge in [-0.05, 0) is 60.7 Å². The number of aryl methyl sites for hydroxylation is 1. The highest BCUT2D eigenvalue weighted by Crippen LogP contribution is 2.32. The summed E-state index contributed by atoms with van der Waals surface area (Å²) in [6.07, 6.45) is 1.97. The summed E-state index contributed by atoms with van der Waals surface area (Å²) in [6.45, 7) is 5.65. The zero-order valence-corrected chi connectivity index (χ0v) is 21.6. The maximum absolute atomic E-state index is 12.8. The van der Waals surface area contributed by atoms with Crippen molar-refractivity contribution in [3.8, 4) is 0 Å². The summed E-state index contributed by atoms with van der Waals surface area (Å²) in [7, 11) is -3.90. The lowest BCUT2D eigenvalue weighted by molar-refractivity contribution is -0.125. The minimum Gasteiger partial charge on any atom is -0.353 e. The van der Waals surface area contributed by atoms with E-state index in [1.807, 2.05) is 38.3 Å². The van der Waals surface area contributed by atoms with E-state index in [0.29, 0.717) is 11.3 Å². The van der Waals surface area contributed by atoms with Gasteiger partial charge in [0.2, 0.25) is 15.9 Å². The quantitative estimate of drug-likeness (QED) is 0.462. The molecular weight excluding hydrogens is 494 g/mol. The second kappa shape index (κ2) is 11.3. The van der Waals surface area contributed by atoms with Gasteiger partial charge in [0.25, 0.3) is 11.1 Å². The Balaban J connectivity index is 1.61. The third-order valence-corrected chi connectivity index (χ3v) is 8.19. The van der Waals surface area contributed by atoms with E-state index in [2.05, 4.69) is 10.0 Å². The standard InChI is InChI=1S/C23H27N3O5S3/c1-15(2)13-19(25-34(30,31)18-8-6-16(3)7-9-18)21(27)24-10-11-26-22(28)20(33-23(26)29)14-17-5-4-12-32-17/h4-9,12,14-15,19,25H,10-11,13H2,1-3H3,(H,24,27)/b20-14-. The number of imide groups is 1. The maximum atomic E-state index is 12.8. The first-order valence-electron chi connectivity index (χ1n) is 10.7. The van der Waals surface area contributed by atoms with Crippen molar-refractivity contribution in [3.05, 3.63) is 57.1 Å². The summed E-state index contributed by atoms with van der Waals surface area (Å²) < 4.78 is 28.0. The molecule has 1 aliphatic heterocycles. The molecule has 8 nitrogen and oxygen atoms in total. The number of nitrogens with zero attached hydrogens (tertiary/aromatic N) is 1. The lowest BCUT2D eigenvalue weighted by atomic mass is 10.0. The monoisotopic (exact) mass is 521 g/mol. The van der Waals surface area contributed by atoms with Crippen LogP contribution in [0.25, 0.3) is 6.08 Å². The van der Waals surface area contributed by atoms with E-state index >= 15 is 0 Å². The van der Waals surface area contributed by atoms with Crippen LogP contribution in [0.4, 0.5) is 4.79 Å². The second-order valence-electron chi connectivity index (χ2n) is 8.26. The molecular formula is C23H27N3O5S3. The molecule has 0 radical (unpaired) electrons. The Morgan fingerprint density at radius 3 is 2.47 bits per heavy atom. The van der Waals surface area contributed by atoms with Crippen LogP contribution in [-0.2, 0) is 19.6 Å². The number of thiophene rings is 1. The number of rotatable bonds is 10. The largest absolute Gasteiger partial charge is 0.353 e. The molecule has 2 aromatic rings. The van der Waals surface area contributed by atoms with Crippen molar-refractivity contribution in [1.82, 2.24) is 14.9 Å². The Kier molecular flexibility index (Phi) is 8.69. The van der Waals surface area contributed by atoms with Crippen LogP contribution in [0.2, 0.25) is 0 Å². The van der Waals surface area contributed by atoms with Gasteiger partial charge in [0.1, 0.15) is 6.04 Å². The number of sulfonamides is 1. The van der Waals surface area contributed by atoms with E-state index in [-0.39, 0.29) is 23.9 Å². The molecule has 11 heteroatoms. The minimum absolute atomic E-state index is 0.00268. The van der Waals surface area contributed by atoms with E-state index in [1.54, 1.807) is 18.2 Å². The molecule has 1 aliphatic rings. The number of carbonyl (C=O) groups is 3. The molecule has 182 valence electrons. The van der Waals surface area contributed by atoms with Gasteiger partial charge in [0.15, 0.2) is 0 Å². The molecule has 1 unspecified atom stereocenters. The van der Waals surface area contributed by atoms with Crippen LogP contribution in [0.15, 0.2) is 51.6 Å². The number of nitrogens with one attached hydrogen (secondary N) is 2. The van der Waals surface area contributed by atoms with Crippen molar-refractivity contribution in [3.63, 3.8) is 0 Å². The van der Waals surface area contributed by atoms with Crippen molar-refractivity contribution in [1.29, 1.82) is 0 Å². The summed E-state index contributed by atoms with van der Waals surface area (Å²) in [6, 6.07) is 9.09. The molecule has 1 saturated heterocycles. The summed E-state index contributed by atoms with van der Waals surface area (Å²) in [5.41, 5.74) is 0.924. The Morgan fingerprint density at radius 1 is 1.15 bits per heavy atom. The highest BCUT2D eigenvalue weighted by molar-refractivity contribution is 8.18. The van der Waals surface area contributed by atoms with Gasteiger partial charge in [-0.2, -0.15) is 4.72 Å². The van der Waals surface area contributed by atoms with Gasteiger partial charge in [-0.3, -0.25) is 19.3 Å². The van der Waals surface area contributed by atoms with Crippen LogP contribution >= 0.6 is 23.1 Å². The zero-order chi connectivity index (χ0) is 24.9. The Bertz CT molecular complexity index is 1170. The van der Waals surface area contributed by atoms with Gasteiger partial charge in [-0.1, -0.05) is 37.6 Å². The molecule has 2 N–H and O–H groups in total. The number of hydrogen-bond donors (Lipinski definition) is 2. The first-order chi connectivity index (χ1) is 16.1. The smallest absolute Gasteiger partial charge is 0.293 e. The summed E-state index contributed by atoms with van der Waals surface area (Å²) in [5, 5.41) is 4.14. The molecule has 0 bridgehead atoms. The number of amides is 3. The van der Waals surface area contributed by atoms with Crippen LogP contribution in [-0.4, -0.2) is 49.5 Å². The minimum atomic E-state index is -3.90. The molecule has 3 rings (SSSR count). The van der Waals surface area contributed by atoms with Gasteiger partial charge < -0.3 is 5.32 Å². The SMILES string of the molecule is Cc1ccc(S(=O)(=O)NC(CC(C)C)C(=O)NCCN2C(=O)S/C(=C\c3cccs3)C2=O)cc1. The van der Waals surface area contributed by atoms with E-state index < -0.39 is 33.1 Å². The van der Waals surface area contributed by atoms with E-state index in [1.165, 1.54) is 23.5 Å². The molecule has 2 heterocycles. The van der Waals surface area contributed by atoms with E-state index in [4.69, 9.17) is 0 Å². The van der Waals surface area contributed by atoms with Crippen LogP contribution < -0.4 is 10.0 Å². The first kappa shape index (κ1) is 26.1. The molecule has 3 amide bonds. The molecule has 0 spiro atoms. The summed E-state index contributed by atoms with van der Waals surface area (Å²) in [5.74, 6) is -0.860. The molecule has 0 saturated carbocycles. The van der Waals surface area contributed by atoms with E-state index in [0.717, 1.165) is 27.1 Å². The lowest BCUT2D eigenvalue weighted by Crippen LogP contribution is -2.49. The highest BCUT2D eigenvalue weighted by Gasteiger charge is 2.35. The predicted molar refractivity (Wildman–Crippen MR) is 135 cm³/mol. The number of hydrogen-bond acceptors (Lipinski definition) is 7. The van der Waals surface area contributed by atoms with Gasteiger partial charge >= 0.3 is 0 Å². The van der Waals surface area contributed by atoms with Crippen molar-refractivity contribution in [2.45, 2.75) is 38.1 Å².